The molecule has 1 atom stereocenters. The van der Waals surface area contributed by atoms with Gasteiger partial charge >= 0.3 is 0 Å². The van der Waals surface area contributed by atoms with E-state index in [9.17, 15) is 8.42 Å². The van der Waals surface area contributed by atoms with Crippen molar-refractivity contribution in [3.8, 4) is 0 Å². The highest BCUT2D eigenvalue weighted by molar-refractivity contribution is 7.86. The minimum Gasteiger partial charge on any atom is -0.306 e. The summed E-state index contributed by atoms with van der Waals surface area (Å²) in [6.45, 7) is 5.78. The molecule has 0 bridgehead atoms. The Labute approximate surface area is 193 Å². The third-order valence-corrected chi connectivity index (χ3v) is 6.94. The molecule has 170 valence electrons. The zero-order valence-electron chi connectivity index (χ0n) is 19.1. The molecule has 0 aliphatic carbocycles. The average Bonchev–Trinajstić information content (AvgIpc) is 2.80. The van der Waals surface area contributed by atoms with Crippen molar-refractivity contribution in [2.45, 2.75) is 31.1 Å². The van der Waals surface area contributed by atoms with Gasteiger partial charge in [-0.2, -0.15) is 8.42 Å². The van der Waals surface area contributed by atoms with E-state index in [4.69, 9.17) is 4.18 Å². The maximum atomic E-state index is 12.4. The van der Waals surface area contributed by atoms with E-state index >= 15 is 0 Å². The Balaban J connectivity index is 1.53. The van der Waals surface area contributed by atoms with Crippen LogP contribution in [-0.2, 0) is 14.3 Å². The van der Waals surface area contributed by atoms with Crippen LogP contribution in [0.25, 0.3) is 0 Å². The van der Waals surface area contributed by atoms with Crippen molar-refractivity contribution < 1.29 is 12.6 Å². The van der Waals surface area contributed by atoms with Crippen LogP contribution >= 0.6 is 0 Å². The van der Waals surface area contributed by atoms with Gasteiger partial charge in [-0.25, -0.2) is 0 Å². The van der Waals surface area contributed by atoms with Crippen LogP contribution < -0.4 is 0 Å². The summed E-state index contributed by atoms with van der Waals surface area (Å²) >= 11 is 0. The minimum atomic E-state index is -3.72. The molecule has 0 spiro atoms. The highest BCUT2D eigenvalue weighted by Crippen LogP contribution is 2.28. The number of aryl methyl sites for hydroxylation is 1. The van der Waals surface area contributed by atoms with Crippen molar-refractivity contribution >= 4 is 10.1 Å². The van der Waals surface area contributed by atoms with Gasteiger partial charge in [-0.3, -0.25) is 4.18 Å². The molecule has 32 heavy (non-hydrogen) atoms. The second kappa shape index (κ2) is 11.4. The molecule has 0 amide bonds. The molecule has 0 N–H and O–H groups in total. The van der Waals surface area contributed by atoms with Crippen molar-refractivity contribution in [1.29, 1.82) is 0 Å². The molecular formula is C27H33NO3S. The second-order valence-corrected chi connectivity index (χ2v) is 10.2. The van der Waals surface area contributed by atoms with Gasteiger partial charge in [0, 0.05) is 12.5 Å². The van der Waals surface area contributed by atoms with Gasteiger partial charge in [0.25, 0.3) is 10.1 Å². The SMILES string of the molecule is Cc1ccc(S(=O)(=O)OCC(C)CN(C)CCC(c2ccccc2)c2ccccc2)cc1. The van der Waals surface area contributed by atoms with Gasteiger partial charge in [0.2, 0.25) is 0 Å². The summed E-state index contributed by atoms with van der Waals surface area (Å²) < 4.78 is 30.2. The topological polar surface area (TPSA) is 46.6 Å². The molecule has 3 aromatic carbocycles. The van der Waals surface area contributed by atoms with E-state index in [2.05, 4.69) is 60.5 Å². The summed E-state index contributed by atoms with van der Waals surface area (Å²) in [4.78, 5) is 2.46. The van der Waals surface area contributed by atoms with Gasteiger partial charge in [0.05, 0.1) is 11.5 Å². The Morgan fingerprint density at radius 2 is 1.38 bits per heavy atom. The molecule has 5 heteroatoms. The van der Waals surface area contributed by atoms with Gasteiger partial charge < -0.3 is 4.90 Å². The maximum Gasteiger partial charge on any atom is 0.296 e. The van der Waals surface area contributed by atoms with Gasteiger partial charge in [-0.05, 0) is 56.1 Å². The average molecular weight is 452 g/mol. The summed E-state index contributed by atoms with van der Waals surface area (Å²) in [5.74, 6) is 0.417. The summed E-state index contributed by atoms with van der Waals surface area (Å²) in [5, 5.41) is 0. The molecule has 0 saturated heterocycles. The standard InChI is InChI=1S/C27H33NO3S/c1-22-14-16-26(17-15-22)32(29,30)31-21-23(2)20-28(3)19-18-27(24-10-6-4-7-11-24)25-12-8-5-9-13-25/h4-17,23,27H,18-21H2,1-3H3. The molecule has 0 fully saturated rings. The predicted molar refractivity (Wildman–Crippen MR) is 130 cm³/mol. The molecule has 3 aromatic rings. The van der Waals surface area contributed by atoms with Crippen LogP contribution in [0.3, 0.4) is 0 Å². The van der Waals surface area contributed by atoms with Crippen molar-refractivity contribution in [1.82, 2.24) is 4.90 Å². The van der Waals surface area contributed by atoms with E-state index in [0.29, 0.717) is 5.92 Å². The van der Waals surface area contributed by atoms with E-state index in [1.165, 1.54) is 11.1 Å². The maximum absolute atomic E-state index is 12.4. The summed E-state index contributed by atoms with van der Waals surface area (Å²) in [7, 11) is -1.64. The fourth-order valence-electron chi connectivity index (χ4n) is 3.90. The summed E-state index contributed by atoms with van der Waals surface area (Å²) in [6.07, 6.45) is 0.986. The zero-order chi connectivity index (χ0) is 23.0. The van der Waals surface area contributed by atoms with E-state index in [1.807, 2.05) is 26.0 Å². The molecule has 0 aromatic heterocycles. The lowest BCUT2D eigenvalue weighted by Crippen LogP contribution is -2.29. The number of nitrogens with zero attached hydrogens (tertiary/aromatic N) is 1. The van der Waals surface area contributed by atoms with E-state index < -0.39 is 10.1 Å². The van der Waals surface area contributed by atoms with Gasteiger partial charge in [-0.15, -0.1) is 0 Å². The quantitative estimate of drug-likeness (QED) is 0.362. The molecule has 0 saturated carbocycles. The Morgan fingerprint density at radius 1 is 0.844 bits per heavy atom. The van der Waals surface area contributed by atoms with Crippen molar-refractivity contribution in [2.75, 3.05) is 26.7 Å². The van der Waals surface area contributed by atoms with Crippen LogP contribution in [-0.4, -0.2) is 40.1 Å². The molecule has 3 rings (SSSR count). The van der Waals surface area contributed by atoms with Crippen molar-refractivity contribution in [3.05, 3.63) is 102 Å². The third-order valence-electron chi connectivity index (χ3n) is 5.64. The van der Waals surface area contributed by atoms with Crippen molar-refractivity contribution in [2.24, 2.45) is 5.92 Å². The van der Waals surface area contributed by atoms with Gasteiger partial charge in [0.15, 0.2) is 0 Å². The Hall–Kier alpha value is -2.47. The Kier molecular flexibility index (Phi) is 8.62. The van der Waals surface area contributed by atoms with Crippen LogP contribution in [0.15, 0.2) is 89.8 Å². The molecule has 1 unspecified atom stereocenters. The highest BCUT2D eigenvalue weighted by atomic mass is 32.2. The first-order chi connectivity index (χ1) is 15.3. The number of hydrogen-bond acceptors (Lipinski definition) is 4. The minimum absolute atomic E-state index is 0.0899. The van der Waals surface area contributed by atoms with Crippen LogP contribution in [0.2, 0.25) is 0 Å². The van der Waals surface area contributed by atoms with Crippen molar-refractivity contribution in [3.63, 3.8) is 0 Å². The first-order valence-corrected chi connectivity index (χ1v) is 12.5. The fraction of sp³-hybridized carbons (Fsp3) is 0.333. The lowest BCUT2D eigenvalue weighted by Gasteiger charge is -2.25. The third kappa shape index (κ3) is 7.02. The van der Waals surface area contributed by atoms with E-state index in [-0.39, 0.29) is 17.4 Å². The molecule has 0 radical (unpaired) electrons. The second-order valence-electron chi connectivity index (χ2n) is 8.58. The predicted octanol–water partition coefficient (Wildman–Crippen LogP) is 5.49. The summed E-state index contributed by atoms with van der Waals surface area (Å²) in [5.41, 5.74) is 3.64. The molecule has 0 aliphatic rings. The summed E-state index contributed by atoms with van der Waals surface area (Å²) in [6, 6.07) is 27.9. The highest BCUT2D eigenvalue weighted by Gasteiger charge is 2.19. The number of hydrogen-bond donors (Lipinski definition) is 0. The first kappa shape index (κ1) is 24.2. The molecule has 0 heterocycles. The molecule has 4 nitrogen and oxygen atoms in total. The van der Waals surface area contributed by atoms with E-state index in [0.717, 1.165) is 25.1 Å². The molecule has 0 aliphatic heterocycles. The normalized spacial score (nSPS) is 12.9. The van der Waals surface area contributed by atoms with Gasteiger partial charge in [-0.1, -0.05) is 85.3 Å². The van der Waals surface area contributed by atoms with Crippen LogP contribution in [0, 0.1) is 12.8 Å². The smallest absolute Gasteiger partial charge is 0.296 e. The van der Waals surface area contributed by atoms with Crippen LogP contribution in [0.4, 0.5) is 0 Å². The molecular weight excluding hydrogens is 418 g/mol. The van der Waals surface area contributed by atoms with Crippen LogP contribution in [0.5, 0.6) is 0 Å². The number of rotatable bonds is 11. The largest absolute Gasteiger partial charge is 0.306 e. The monoisotopic (exact) mass is 451 g/mol. The van der Waals surface area contributed by atoms with Crippen LogP contribution in [0.1, 0.15) is 36.0 Å². The lowest BCUT2D eigenvalue weighted by atomic mass is 9.88. The lowest BCUT2D eigenvalue weighted by molar-refractivity contribution is 0.208. The Bertz CT molecular complexity index is 1010. The first-order valence-electron chi connectivity index (χ1n) is 11.1. The Morgan fingerprint density at radius 3 is 1.91 bits per heavy atom. The zero-order valence-corrected chi connectivity index (χ0v) is 20.0. The number of benzene rings is 3. The van der Waals surface area contributed by atoms with Gasteiger partial charge in [0.1, 0.15) is 0 Å². The van der Waals surface area contributed by atoms with E-state index in [1.54, 1.807) is 24.3 Å². The fourth-order valence-corrected chi connectivity index (χ4v) is 4.92.